The van der Waals surface area contributed by atoms with Gasteiger partial charge in [-0.25, -0.2) is 4.85 Å². The van der Waals surface area contributed by atoms with Gasteiger partial charge in [0.25, 0.3) is 5.91 Å². The number of piperidine rings is 1. The molecule has 2 aromatic rings. The van der Waals surface area contributed by atoms with E-state index in [1.54, 1.807) is 18.2 Å². The highest BCUT2D eigenvalue weighted by atomic mass is 35.5. The third-order valence-corrected chi connectivity index (χ3v) is 8.74. The molecule has 2 atom stereocenters. The van der Waals surface area contributed by atoms with Crippen LogP contribution in [0.5, 0.6) is 5.75 Å². The average molecular weight is 522 g/mol. The summed E-state index contributed by atoms with van der Waals surface area (Å²) in [5, 5.41) is 7.04. The Hall–Kier alpha value is -2.79. The fourth-order valence-corrected chi connectivity index (χ4v) is 5.94. The van der Waals surface area contributed by atoms with Gasteiger partial charge in [-0.1, -0.05) is 31.5 Å². The van der Waals surface area contributed by atoms with Gasteiger partial charge < -0.3 is 20.3 Å². The van der Waals surface area contributed by atoms with Gasteiger partial charge in [-0.15, -0.1) is 0 Å². The number of nitrogens with one attached hydrogen (secondary N) is 2. The van der Waals surface area contributed by atoms with Crippen LogP contribution in [0.4, 0.5) is 11.4 Å². The van der Waals surface area contributed by atoms with Crippen molar-refractivity contribution in [3.05, 3.63) is 64.5 Å². The molecule has 196 valence electrons. The van der Waals surface area contributed by atoms with Gasteiger partial charge in [0.15, 0.2) is 0 Å². The van der Waals surface area contributed by atoms with Crippen molar-refractivity contribution in [1.29, 1.82) is 0 Å². The molecule has 1 saturated carbocycles. The number of hydrogen-bond donors (Lipinski definition) is 2. The zero-order chi connectivity index (χ0) is 26.0. The van der Waals surface area contributed by atoms with E-state index in [2.05, 4.69) is 51.3 Å². The van der Waals surface area contributed by atoms with E-state index >= 15 is 0 Å². The summed E-state index contributed by atoms with van der Waals surface area (Å²) in [5.41, 5.74) is 2.05. The van der Waals surface area contributed by atoms with Gasteiger partial charge in [0.2, 0.25) is 5.69 Å². The van der Waals surface area contributed by atoms with Crippen LogP contribution in [0.3, 0.4) is 0 Å². The van der Waals surface area contributed by atoms with Gasteiger partial charge in [0.1, 0.15) is 11.9 Å². The summed E-state index contributed by atoms with van der Waals surface area (Å²) in [4.78, 5) is 21.5. The number of benzene rings is 2. The summed E-state index contributed by atoms with van der Waals surface area (Å²) in [6, 6.07) is 13.9. The molecule has 1 amide bonds. The Morgan fingerprint density at radius 1 is 1.11 bits per heavy atom. The van der Waals surface area contributed by atoms with Crippen molar-refractivity contribution in [2.75, 3.05) is 44.2 Å². The van der Waals surface area contributed by atoms with E-state index in [1.807, 2.05) is 12.1 Å². The molecular weight excluding hydrogens is 486 g/mol. The number of carbonyl (C=O) groups excluding carboxylic acids is 1. The van der Waals surface area contributed by atoms with E-state index in [9.17, 15) is 4.79 Å². The van der Waals surface area contributed by atoms with Gasteiger partial charge in [-0.05, 0) is 62.3 Å². The smallest absolute Gasteiger partial charge is 0.251 e. The van der Waals surface area contributed by atoms with Gasteiger partial charge >= 0.3 is 0 Å². The first-order valence-corrected chi connectivity index (χ1v) is 13.7. The lowest BCUT2D eigenvalue weighted by molar-refractivity contribution is -0.0515. The monoisotopic (exact) mass is 521 g/mol. The van der Waals surface area contributed by atoms with E-state index in [-0.39, 0.29) is 23.5 Å². The molecule has 3 fully saturated rings. The highest BCUT2D eigenvalue weighted by molar-refractivity contribution is 6.33. The first kappa shape index (κ1) is 25.8. The number of anilines is 1. The lowest BCUT2D eigenvalue weighted by atomic mass is 9.64. The van der Waals surface area contributed by atoms with Crippen LogP contribution in [0.2, 0.25) is 5.02 Å². The molecule has 2 aromatic carbocycles. The number of carbonyl (C=O) groups is 1. The summed E-state index contributed by atoms with van der Waals surface area (Å²) >= 11 is 6.15. The fourth-order valence-electron chi connectivity index (χ4n) is 5.73. The quantitative estimate of drug-likeness (QED) is 0.538. The molecule has 0 bridgehead atoms. The molecule has 0 radical (unpaired) electrons. The minimum atomic E-state index is -0.228. The molecular formula is C29H36ClN5O2. The molecule has 5 rings (SSSR count). The lowest BCUT2D eigenvalue weighted by Gasteiger charge is -2.51. The summed E-state index contributed by atoms with van der Waals surface area (Å²) in [6.45, 7) is 17.9. The third-order valence-electron chi connectivity index (χ3n) is 8.43. The number of amides is 1. The predicted octanol–water partition coefficient (Wildman–Crippen LogP) is 4.74. The number of rotatable bonds is 6. The van der Waals surface area contributed by atoms with E-state index in [0.717, 1.165) is 51.7 Å². The maximum Gasteiger partial charge on any atom is 0.251 e. The van der Waals surface area contributed by atoms with Crippen LogP contribution in [0.25, 0.3) is 4.85 Å². The number of piperazine rings is 1. The normalized spacial score (nSPS) is 24.1. The van der Waals surface area contributed by atoms with Crippen molar-refractivity contribution >= 4 is 28.9 Å². The molecule has 37 heavy (non-hydrogen) atoms. The Morgan fingerprint density at radius 2 is 1.81 bits per heavy atom. The summed E-state index contributed by atoms with van der Waals surface area (Å²) < 4.78 is 6.14. The summed E-state index contributed by atoms with van der Waals surface area (Å²) in [7, 11) is 0. The topological polar surface area (TPSA) is 61.2 Å². The zero-order valence-corrected chi connectivity index (χ0v) is 22.4. The maximum atomic E-state index is 13.0. The molecule has 3 aliphatic rings. The standard InChI is InChI=1S/C29H36ClN5O2/c1-29(2)26(19-27(29)37-23-8-9-25(31-3)24(30)18-23)33-28(36)20-4-6-21(7-5-20)34-14-16-35(17-15-34)22-10-12-32-13-11-22/h4-9,18,22,26-27,32H,10-17,19H2,1-2H3,(H,33,36)/t26-,27-/m0/s1. The van der Waals surface area contributed by atoms with Gasteiger partial charge in [0, 0.05) is 61.3 Å². The molecule has 8 heteroatoms. The predicted molar refractivity (Wildman–Crippen MR) is 148 cm³/mol. The van der Waals surface area contributed by atoms with Gasteiger partial charge in [0.05, 0.1) is 11.6 Å². The fraction of sp³-hybridized carbons (Fsp3) is 0.517. The van der Waals surface area contributed by atoms with Crippen molar-refractivity contribution in [2.24, 2.45) is 5.41 Å². The Bertz CT molecular complexity index is 1150. The van der Waals surface area contributed by atoms with Crippen LogP contribution in [-0.4, -0.2) is 68.3 Å². The second-order valence-corrected chi connectivity index (χ2v) is 11.4. The van der Waals surface area contributed by atoms with E-state index in [4.69, 9.17) is 22.9 Å². The highest BCUT2D eigenvalue weighted by Crippen LogP contribution is 2.44. The van der Waals surface area contributed by atoms with Crippen LogP contribution in [0, 0.1) is 12.0 Å². The molecule has 2 saturated heterocycles. The molecule has 2 heterocycles. The minimum absolute atomic E-state index is 0.0192. The Labute approximate surface area is 224 Å². The van der Waals surface area contributed by atoms with Crippen molar-refractivity contribution in [2.45, 2.75) is 51.3 Å². The number of ether oxygens (including phenoxy) is 1. The number of hydrogen-bond acceptors (Lipinski definition) is 5. The molecule has 0 unspecified atom stereocenters. The lowest BCUT2D eigenvalue weighted by Crippen LogP contribution is -2.63. The molecule has 2 aliphatic heterocycles. The Balaban J connectivity index is 1.12. The highest BCUT2D eigenvalue weighted by Gasteiger charge is 2.50. The van der Waals surface area contributed by atoms with Crippen molar-refractivity contribution in [1.82, 2.24) is 15.5 Å². The second-order valence-electron chi connectivity index (χ2n) is 11.0. The molecule has 2 N–H and O–H groups in total. The largest absolute Gasteiger partial charge is 0.490 e. The number of nitrogens with zero attached hydrogens (tertiary/aromatic N) is 3. The third kappa shape index (κ3) is 5.57. The summed E-state index contributed by atoms with van der Waals surface area (Å²) in [5.74, 6) is 0.593. The van der Waals surface area contributed by atoms with E-state index in [1.165, 1.54) is 18.5 Å². The second kappa shape index (κ2) is 10.9. The minimum Gasteiger partial charge on any atom is -0.490 e. The van der Waals surface area contributed by atoms with Crippen LogP contribution in [-0.2, 0) is 0 Å². The molecule has 0 aromatic heterocycles. The van der Waals surface area contributed by atoms with Crippen molar-refractivity contribution in [3.63, 3.8) is 0 Å². The summed E-state index contributed by atoms with van der Waals surface area (Å²) in [6.07, 6.45) is 3.18. The Kier molecular flexibility index (Phi) is 7.62. The van der Waals surface area contributed by atoms with Crippen LogP contribution in [0.1, 0.15) is 43.5 Å². The number of halogens is 1. The molecule has 1 aliphatic carbocycles. The first-order chi connectivity index (χ1) is 17.8. The van der Waals surface area contributed by atoms with Crippen LogP contribution < -0.4 is 20.3 Å². The SMILES string of the molecule is [C-]#[N+]c1ccc(O[C@H]2C[C@H](NC(=O)c3ccc(N4CCN(C5CCNCC5)CC4)cc3)C2(C)C)cc1Cl. The maximum absolute atomic E-state index is 13.0. The first-order valence-electron chi connectivity index (χ1n) is 13.3. The molecule has 0 spiro atoms. The van der Waals surface area contributed by atoms with Crippen molar-refractivity contribution < 1.29 is 9.53 Å². The van der Waals surface area contributed by atoms with E-state index in [0.29, 0.717) is 22.0 Å². The average Bonchev–Trinajstić information content (AvgIpc) is 2.93. The van der Waals surface area contributed by atoms with Crippen LogP contribution in [0.15, 0.2) is 42.5 Å². The van der Waals surface area contributed by atoms with E-state index < -0.39 is 0 Å². The van der Waals surface area contributed by atoms with Crippen LogP contribution >= 0.6 is 11.6 Å². The van der Waals surface area contributed by atoms with Gasteiger partial charge in [-0.3, -0.25) is 9.69 Å². The Morgan fingerprint density at radius 3 is 2.43 bits per heavy atom. The molecule has 7 nitrogen and oxygen atoms in total. The van der Waals surface area contributed by atoms with Crippen molar-refractivity contribution in [3.8, 4) is 5.75 Å². The van der Waals surface area contributed by atoms with Gasteiger partial charge in [-0.2, -0.15) is 0 Å². The zero-order valence-electron chi connectivity index (χ0n) is 21.7.